The van der Waals surface area contributed by atoms with Gasteiger partial charge >= 0.3 is 39.5 Å². The standard InChI is InChI=1S/C76H148O17P2/c1-66(2)52-44-36-28-22-18-14-10-9-11-17-21-25-33-42-50-58-75(80)92-71(62-86-73(78)56-48-40-31-24-20-16-13-12-15-19-23-29-37-45-53-67(3)4)64-90-94(82,83)88-60-70(77)61-89-95(84,85)91-65-72(93-76(81)59-51-43-35-34-39-47-55-69(7)8)63-87-74(79)57-49-41-32-27-26-30-38-46-54-68(5)6/h66-72,77H,9-65H2,1-8H3,(H,82,83)(H,84,85)/t70?,71-,72-/m1/s1. The summed E-state index contributed by atoms with van der Waals surface area (Å²) in [7, 11) is -9.91. The molecule has 0 aliphatic rings. The van der Waals surface area contributed by atoms with Crippen LogP contribution in [0.4, 0.5) is 0 Å². The van der Waals surface area contributed by atoms with E-state index in [1.165, 1.54) is 186 Å². The summed E-state index contributed by atoms with van der Waals surface area (Å²) in [5.74, 6) is 0.872. The smallest absolute Gasteiger partial charge is 0.462 e. The van der Waals surface area contributed by atoms with Crippen molar-refractivity contribution < 1.29 is 80.2 Å². The van der Waals surface area contributed by atoms with E-state index < -0.39 is 97.5 Å². The summed E-state index contributed by atoms with van der Waals surface area (Å²) in [5, 5.41) is 10.6. The summed E-state index contributed by atoms with van der Waals surface area (Å²) in [5.41, 5.74) is 0. The minimum absolute atomic E-state index is 0.101. The molecule has 5 atom stereocenters. The van der Waals surface area contributed by atoms with Gasteiger partial charge in [0.2, 0.25) is 0 Å². The van der Waals surface area contributed by atoms with Gasteiger partial charge in [0, 0.05) is 25.7 Å². The van der Waals surface area contributed by atoms with Crippen molar-refractivity contribution in [1.29, 1.82) is 0 Å². The summed E-state index contributed by atoms with van der Waals surface area (Å²) in [6, 6.07) is 0. The molecule has 0 aromatic heterocycles. The highest BCUT2D eigenvalue weighted by Gasteiger charge is 2.30. The number of esters is 4. The first-order valence-electron chi connectivity index (χ1n) is 39.2. The monoisotopic (exact) mass is 1400 g/mol. The van der Waals surface area contributed by atoms with Crippen molar-refractivity contribution in [3.8, 4) is 0 Å². The second-order valence-corrected chi connectivity index (χ2v) is 32.2. The number of phosphoric ester groups is 2. The molecule has 19 heteroatoms. The molecule has 0 radical (unpaired) electrons. The number of aliphatic hydroxyl groups excluding tert-OH is 1. The second kappa shape index (κ2) is 65.4. The fourth-order valence-corrected chi connectivity index (χ4v) is 13.1. The number of hydrogen-bond acceptors (Lipinski definition) is 15. The summed E-state index contributed by atoms with van der Waals surface area (Å²) >= 11 is 0. The van der Waals surface area contributed by atoms with Crippen LogP contribution in [-0.4, -0.2) is 96.7 Å². The zero-order valence-electron chi connectivity index (χ0n) is 62.3. The topological polar surface area (TPSA) is 237 Å². The molecule has 564 valence electrons. The number of aliphatic hydroxyl groups is 1. The Morgan fingerprint density at radius 3 is 0.653 bits per heavy atom. The van der Waals surface area contributed by atoms with Crippen LogP contribution in [0.25, 0.3) is 0 Å². The van der Waals surface area contributed by atoms with E-state index in [1.54, 1.807) is 0 Å². The molecule has 0 aliphatic carbocycles. The number of rotatable bonds is 73. The molecule has 0 saturated heterocycles. The molecule has 95 heavy (non-hydrogen) atoms. The molecule has 0 amide bonds. The van der Waals surface area contributed by atoms with Crippen LogP contribution in [0.3, 0.4) is 0 Å². The Balaban J connectivity index is 5.22. The van der Waals surface area contributed by atoms with Crippen molar-refractivity contribution in [2.75, 3.05) is 39.6 Å². The maximum atomic E-state index is 13.1. The Labute approximate surface area is 581 Å². The zero-order valence-corrected chi connectivity index (χ0v) is 64.1. The third-order valence-corrected chi connectivity index (χ3v) is 19.5. The molecule has 0 aliphatic heterocycles. The summed E-state index contributed by atoms with van der Waals surface area (Å²) < 4.78 is 68.5. The quantitative estimate of drug-likeness (QED) is 0.0222. The minimum atomic E-state index is -4.96. The average Bonchev–Trinajstić information content (AvgIpc) is 1.22. The van der Waals surface area contributed by atoms with E-state index in [2.05, 4.69) is 55.4 Å². The molecule has 0 spiro atoms. The van der Waals surface area contributed by atoms with Crippen molar-refractivity contribution in [2.24, 2.45) is 23.7 Å². The van der Waals surface area contributed by atoms with Crippen LogP contribution in [0, 0.1) is 23.7 Å². The largest absolute Gasteiger partial charge is 0.472 e. The third-order valence-electron chi connectivity index (χ3n) is 17.6. The van der Waals surface area contributed by atoms with E-state index in [-0.39, 0.29) is 25.7 Å². The van der Waals surface area contributed by atoms with Crippen LogP contribution < -0.4 is 0 Å². The molecular weight excluding hydrogens is 1250 g/mol. The third kappa shape index (κ3) is 70.3. The number of ether oxygens (including phenoxy) is 4. The van der Waals surface area contributed by atoms with Gasteiger partial charge in [-0.1, -0.05) is 331 Å². The first-order valence-corrected chi connectivity index (χ1v) is 42.2. The van der Waals surface area contributed by atoms with Crippen molar-refractivity contribution in [3.05, 3.63) is 0 Å². The summed E-state index contributed by atoms with van der Waals surface area (Å²) in [6.45, 7) is 14.1. The van der Waals surface area contributed by atoms with Crippen LogP contribution in [0.15, 0.2) is 0 Å². The maximum Gasteiger partial charge on any atom is 0.472 e. The predicted molar refractivity (Wildman–Crippen MR) is 386 cm³/mol. The molecule has 0 rings (SSSR count). The highest BCUT2D eigenvalue weighted by molar-refractivity contribution is 7.47. The van der Waals surface area contributed by atoms with Crippen LogP contribution in [0.2, 0.25) is 0 Å². The van der Waals surface area contributed by atoms with Crippen molar-refractivity contribution >= 4 is 39.5 Å². The minimum Gasteiger partial charge on any atom is -0.462 e. The van der Waals surface area contributed by atoms with Gasteiger partial charge in [-0.2, -0.15) is 0 Å². The summed E-state index contributed by atoms with van der Waals surface area (Å²) in [4.78, 5) is 72.7. The SMILES string of the molecule is CC(C)CCCCCCCCCCCCCCCCCC(=O)O[C@H](COC(=O)CCCCCCCCCCCCCCCCC(C)C)COP(=O)(O)OCC(O)COP(=O)(O)OC[C@@H](COC(=O)CCCCCCCCCCC(C)C)OC(=O)CCCCCCCCC(C)C. The predicted octanol–water partition coefficient (Wildman–Crippen LogP) is 22.0. The van der Waals surface area contributed by atoms with Gasteiger partial charge in [0.25, 0.3) is 0 Å². The highest BCUT2D eigenvalue weighted by Crippen LogP contribution is 2.45. The molecule has 0 fully saturated rings. The molecule has 0 bridgehead atoms. The second-order valence-electron chi connectivity index (χ2n) is 29.3. The van der Waals surface area contributed by atoms with Crippen molar-refractivity contribution in [2.45, 2.75) is 401 Å². The van der Waals surface area contributed by atoms with E-state index >= 15 is 0 Å². The van der Waals surface area contributed by atoms with Gasteiger partial charge in [-0.15, -0.1) is 0 Å². The normalized spacial score (nSPS) is 14.1. The van der Waals surface area contributed by atoms with Gasteiger partial charge in [0.1, 0.15) is 19.3 Å². The van der Waals surface area contributed by atoms with Crippen LogP contribution >= 0.6 is 15.6 Å². The van der Waals surface area contributed by atoms with E-state index in [9.17, 15) is 43.2 Å². The maximum absolute atomic E-state index is 13.1. The van der Waals surface area contributed by atoms with Crippen LogP contribution in [-0.2, 0) is 65.4 Å². The Morgan fingerprint density at radius 2 is 0.442 bits per heavy atom. The van der Waals surface area contributed by atoms with E-state index in [4.69, 9.17) is 37.0 Å². The molecular formula is C76H148O17P2. The molecule has 0 aromatic carbocycles. The van der Waals surface area contributed by atoms with Gasteiger partial charge in [-0.3, -0.25) is 37.3 Å². The highest BCUT2D eigenvalue weighted by atomic mass is 31.2. The van der Waals surface area contributed by atoms with Gasteiger partial charge < -0.3 is 33.8 Å². The van der Waals surface area contributed by atoms with Gasteiger partial charge in [-0.25, -0.2) is 9.13 Å². The first-order chi connectivity index (χ1) is 45.6. The number of phosphoric acid groups is 2. The Hall–Kier alpha value is -1.94. The Morgan fingerprint density at radius 1 is 0.263 bits per heavy atom. The van der Waals surface area contributed by atoms with Crippen LogP contribution in [0.1, 0.15) is 383 Å². The van der Waals surface area contributed by atoms with E-state index in [0.29, 0.717) is 31.6 Å². The summed E-state index contributed by atoms with van der Waals surface area (Å²) in [6.07, 6.45) is 50.2. The fourth-order valence-electron chi connectivity index (χ4n) is 11.6. The molecule has 0 heterocycles. The zero-order chi connectivity index (χ0) is 70.3. The average molecular weight is 1400 g/mol. The van der Waals surface area contributed by atoms with E-state index in [0.717, 1.165) is 108 Å². The lowest BCUT2D eigenvalue weighted by atomic mass is 10.0. The molecule has 3 unspecified atom stereocenters. The molecule has 0 aromatic rings. The lowest BCUT2D eigenvalue weighted by Gasteiger charge is -2.21. The number of carbonyl (C=O) groups is 4. The molecule has 0 saturated carbocycles. The van der Waals surface area contributed by atoms with Gasteiger partial charge in [0.05, 0.1) is 26.4 Å². The van der Waals surface area contributed by atoms with Crippen LogP contribution in [0.5, 0.6) is 0 Å². The Bertz CT molecular complexity index is 1870. The van der Waals surface area contributed by atoms with Crippen molar-refractivity contribution in [3.63, 3.8) is 0 Å². The number of carbonyl (C=O) groups excluding carboxylic acids is 4. The molecule has 17 nitrogen and oxygen atoms in total. The van der Waals surface area contributed by atoms with Crippen molar-refractivity contribution in [1.82, 2.24) is 0 Å². The van der Waals surface area contributed by atoms with Gasteiger partial charge in [-0.05, 0) is 49.4 Å². The lowest BCUT2D eigenvalue weighted by Crippen LogP contribution is -2.30. The number of unbranched alkanes of at least 4 members (excludes halogenated alkanes) is 39. The van der Waals surface area contributed by atoms with E-state index in [1.807, 2.05) is 0 Å². The van der Waals surface area contributed by atoms with Gasteiger partial charge in [0.15, 0.2) is 12.2 Å². The lowest BCUT2D eigenvalue weighted by molar-refractivity contribution is -0.161. The number of hydrogen-bond donors (Lipinski definition) is 3. The fraction of sp³-hybridized carbons (Fsp3) is 0.947. The Kier molecular flexibility index (Phi) is 64.0. The first kappa shape index (κ1) is 93.1. The molecule has 3 N–H and O–H groups in total.